The Bertz CT molecular complexity index is 1480. The molecule has 1 saturated heterocycles. The van der Waals surface area contributed by atoms with Crippen molar-refractivity contribution in [1.29, 1.82) is 0 Å². The third-order valence-electron chi connectivity index (χ3n) is 6.82. The van der Waals surface area contributed by atoms with Crippen LogP contribution in [0.3, 0.4) is 0 Å². The van der Waals surface area contributed by atoms with E-state index in [4.69, 9.17) is 0 Å². The number of nitrogens with zero attached hydrogens (tertiary/aromatic N) is 7. The van der Waals surface area contributed by atoms with E-state index >= 15 is 0 Å². The lowest BCUT2D eigenvalue weighted by Crippen LogP contribution is -2.48. The summed E-state index contributed by atoms with van der Waals surface area (Å²) in [4.78, 5) is 33.9. The van der Waals surface area contributed by atoms with E-state index in [1.807, 2.05) is 30.2 Å². The molecule has 4 heterocycles. The predicted molar refractivity (Wildman–Crippen MR) is 141 cm³/mol. The number of nitrogens with one attached hydrogen (secondary N) is 1. The van der Waals surface area contributed by atoms with Gasteiger partial charge in [0.1, 0.15) is 22.9 Å². The monoisotopic (exact) mass is 520 g/mol. The molecule has 0 bridgehead atoms. The lowest BCUT2D eigenvalue weighted by atomic mass is 10.1. The summed E-state index contributed by atoms with van der Waals surface area (Å²) in [5.74, 6) is -0.131. The zero-order valence-electron chi connectivity index (χ0n) is 21.9. The summed E-state index contributed by atoms with van der Waals surface area (Å²) in [7, 11) is 0. The fourth-order valence-corrected chi connectivity index (χ4v) is 4.85. The number of carbonyl (C=O) groups is 1. The van der Waals surface area contributed by atoms with E-state index in [-0.39, 0.29) is 34.7 Å². The largest absolute Gasteiger partial charge is 0.336 e. The normalized spacial score (nSPS) is 14.4. The smallest absolute Gasteiger partial charge is 0.255 e. The Morgan fingerprint density at radius 3 is 2.45 bits per heavy atom. The maximum absolute atomic E-state index is 14.9. The number of benzene rings is 1. The number of fused-ring (bicyclic) bond motifs is 1. The Kier molecular flexibility index (Phi) is 7.02. The first-order valence-corrected chi connectivity index (χ1v) is 12.7. The molecule has 1 fully saturated rings. The maximum atomic E-state index is 14.9. The van der Waals surface area contributed by atoms with Crippen LogP contribution in [0.4, 0.5) is 20.5 Å². The van der Waals surface area contributed by atoms with Gasteiger partial charge < -0.3 is 19.7 Å². The number of aromatic nitrogens is 5. The van der Waals surface area contributed by atoms with Crippen molar-refractivity contribution in [3.05, 3.63) is 59.7 Å². The van der Waals surface area contributed by atoms with Gasteiger partial charge in [-0.1, -0.05) is 6.92 Å². The molecule has 9 nitrogen and oxygen atoms in total. The highest BCUT2D eigenvalue weighted by Gasteiger charge is 2.22. The number of likely N-dealkylation sites (N-methyl/N-ethyl adjacent to an activating group) is 1. The highest BCUT2D eigenvalue weighted by Crippen LogP contribution is 2.30. The summed E-state index contributed by atoms with van der Waals surface area (Å²) < 4.78 is 31.6. The second kappa shape index (κ2) is 10.4. The predicted octanol–water partition coefficient (Wildman–Crippen LogP) is 4.58. The van der Waals surface area contributed by atoms with Gasteiger partial charge in [0.2, 0.25) is 5.95 Å². The third kappa shape index (κ3) is 4.93. The summed E-state index contributed by atoms with van der Waals surface area (Å²) in [6, 6.07) is 6.30. The molecule has 1 amide bonds. The van der Waals surface area contributed by atoms with Crippen molar-refractivity contribution in [2.75, 3.05) is 38.0 Å². The number of amides is 1. The van der Waals surface area contributed by atoms with E-state index in [1.54, 1.807) is 18.2 Å². The van der Waals surface area contributed by atoms with Gasteiger partial charge >= 0.3 is 0 Å². The summed E-state index contributed by atoms with van der Waals surface area (Å²) >= 11 is 0. The van der Waals surface area contributed by atoms with Crippen molar-refractivity contribution in [3.8, 4) is 11.3 Å². The Balaban J connectivity index is 1.37. The first kappa shape index (κ1) is 25.7. The second-order valence-corrected chi connectivity index (χ2v) is 9.62. The van der Waals surface area contributed by atoms with Gasteiger partial charge in [-0.2, -0.15) is 0 Å². The molecule has 1 N–H and O–H groups in total. The summed E-state index contributed by atoms with van der Waals surface area (Å²) in [5.41, 5.74) is 1.52. The number of hydrogen-bond acceptors (Lipinski definition) is 7. The van der Waals surface area contributed by atoms with E-state index in [9.17, 15) is 13.6 Å². The number of piperazine rings is 1. The van der Waals surface area contributed by atoms with Gasteiger partial charge in [-0.3, -0.25) is 4.79 Å². The standard InChI is InChI=1S/C27H30F2N8O/c1-5-35-8-10-36(11-9-35)26(38)18-6-7-23(30-14-18)33-27-31-15-21(29)24(34-27)19-12-20(28)25-22(13-19)37(16(2)3)17(4)32-25/h6-7,12-16H,5,8-11H2,1-4H3,(H,30,31,33,34). The molecule has 1 aliphatic rings. The van der Waals surface area contributed by atoms with Crippen molar-refractivity contribution >= 4 is 28.7 Å². The van der Waals surface area contributed by atoms with E-state index in [0.29, 0.717) is 35.8 Å². The number of carbonyl (C=O) groups excluding carboxylic acids is 1. The van der Waals surface area contributed by atoms with Crippen LogP contribution in [-0.4, -0.2) is 72.9 Å². The molecule has 0 atom stereocenters. The molecule has 3 aromatic heterocycles. The average molecular weight is 521 g/mol. The van der Waals surface area contributed by atoms with Crippen LogP contribution in [0.1, 0.15) is 43.0 Å². The molecule has 0 aliphatic carbocycles. The quantitative estimate of drug-likeness (QED) is 0.398. The zero-order valence-corrected chi connectivity index (χ0v) is 21.9. The number of aryl methyl sites for hydroxylation is 1. The van der Waals surface area contributed by atoms with Crippen LogP contribution in [0.25, 0.3) is 22.3 Å². The van der Waals surface area contributed by atoms with Gasteiger partial charge in [-0.25, -0.2) is 28.7 Å². The van der Waals surface area contributed by atoms with Crippen LogP contribution in [0.15, 0.2) is 36.7 Å². The first-order valence-electron chi connectivity index (χ1n) is 12.7. The molecule has 1 aromatic carbocycles. The van der Waals surface area contributed by atoms with E-state index in [0.717, 1.165) is 25.8 Å². The maximum Gasteiger partial charge on any atom is 0.255 e. The van der Waals surface area contributed by atoms with E-state index < -0.39 is 11.6 Å². The van der Waals surface area contributed by atoms with Crippen LogP contribution in [0, 0.1) is 18.6 Å². The van der Waals surface area contributed by atoms with Gasteiger partial charge in [0.25, 0.3) is 5.91 Å². The van der Waals surface area contributed by atoms with Crippen LogP contribution >= 0.6 is 0 Å². The number of imidazole rings is 1. The van der Waals surface area contributed by atoms with Crippen molar-refractivity contribution < 1.29 is 13.6 Å². The molecule has 0 saturated carbocycles. The Labute approximate surface area is 219 Å². The fourth-order valence-electron chi connectivity index (χ4n) is 4.85. The first-order chi connectivity index (χ1) is 18.2. The molecule has 198 valence electrons. The highest BCUT2D eigenvalue weighted by molar-refractivity contribution is 5.94. The summed E-state index contributed by atoms with van der Waals surface area (Å²) in [5, 5.41) is 2.94. The molecular formula is C27H30F2N8O. The second-order valence-electron chi connectivity index (χ2n) is 9.62. The van der Waals surface area contributed by atoms with Crippen molar-refractivity contribution in [2.24, 2.45) is 0 Å². The van der Waals surface area contributed by atoms with Crippen molar-refractivity contribution in [1.82, 2.24) is 34.3 Å². The lowest BCUT2D eigenvalue weighted by Gasteiger charge is -2.34. The Morgan fingerprint density at radius 1 is 1.03 bits per heavy atom. The molecule has 1 aliphatic heterocycles. The zero-order chi connectivity index (χ0) is 27.0. The molecular weight excluding hydrogens is 490 g/mol. The number of halogens is 2. The van der Waals surface area contributed by atoms with Crippen LogP contribution < -0.4 is 5.32 Å². The van der Waals surface area contributed by atoms with Gasteiger partial charge in [0, 0.05) is 44.0 Å². The van der Waals surface area contributed by atoms with Crippen LogP contribution in [0.2, 0.25) is 0 Å². The molecule has 38 heavy (non-hydrogen) atoms. The molecule has 0 spiro atoms. The topological polar surface area (TPSA) is 92.1 Å². The molecule has 5 rings (SSSR count). The molecule has 11 heteroatoms. The SMILES string of the molecule is CCN1CCN(C(=O)c2ccc(Nc3ncc(F)c(-c4cc(F)c5nc(C)n(C(C)C)c5c4)n3)nc2)CC1. The van der Waals surface area contributed by atoms with Crippen LogP contribution in [0.5, 0.6) is 0 Å². The molecule has 0 radical (unpaired) electrons. The minimum Gasteiger partial charge on any atom is -0.336 e. The van der Waals surface area contributed by atoms with E-state index in [1.165, 1.54) is 12.3 Å². The van der Waals surface area contributed by atoms with Crippen molar-refractivity contribution in [2.45, 2.75) is 33.7 Å². The van der Waals surface area contributed by atoms with Gasteiger partial charge in [-0.05, 0) is 51.6 Å². The summed E-state index contributed by atoms with van der Waals surface area (Å²) in [6.45, 7) is 11.9. The van der Waals surface area contributed by atoms with Gasteiger partial charge in [0.05, 0.1) is 17.3 Å². The number of hydrogen-bond donors (Lipinski definition) is 1. The molecule has 4 aromatic rings. The highest BCUT2D eigenvalue weighted by atomic mass is 19.1. The molecule has 0 unspecified atom stereocenters. The lowest BCUT2D eigenvalue weighted by molar-refractivity contribution is 0.0643. The minimum absolute atomic E-state index is 0.0454. The van der Waals surface area contributed by atoms with Crippen LogP contribution in [-0.2, 0) is 0 Å². The Morgan fingerprint density at radius 2 is 1.79 bits per heavy atom. The average Bonchev–Trinajstić information content (AvgIpc) is 3.26. The minimum atomic E-state index is -0.682. The fraction of sp³-hybridized carbons (Fsp3) is 0.370. The number of rotatable bonds is 6. The Hall–Kier alpha value is -3.99. The van der Waals surface area contributed by atoms with Crippen molar-refractivity contribution in [3.63, 3.8) is 0 Å². The van der Waals surface area contributed by atoms with Gasteiger partial charge in [-0.15, -0.1) is 0 Å². The number of pyridine rings is 1. The van der Waals surface area contributed by atoms with Gasteiger partial charge in [0.15, 0.2) is 11.6 Å². The summed E-state index contributed by atoms with van der Waals surface area (Å²) in [6.07, 6.45) is 2.53. The third-order valence-corrected chi connectivity index (χ3v) is 6.82. The number of anilines is 2. The van der Waals surface area contributed by atoms with E-state index in [2.05, 4.69) is 37.1 Å².